The van der Waals surface area contributed by atoms with Gasteiger partial charge in [-0.25, -0.2) is 0 Å². The van der Waals surface area contributed by atoms with Gasteiger partial charge in [-0.05, 0) is 0 Å². The predicted molar refractivity (Wildman–Crippen MR) is 46.6 cm³/mol. The monoisotopic (exact) mass is 212 g/mol. The van der Waals surface area contributed by atoms with E-state index in [1.54, 1.807) is 12.1 Å². The van der Waals surface area contributed by atoms with E-state index >= 15 is 0 Å². The van der Waals surface area contributed by atoms with Crippen LogP contribution in [0.4, 0.5) is 0 Å². The van der Waals surface area contributed by atoms with Crippen LogP contribution in [0, 0.1) is 6.07 Å². The molecular weight excluding hydrogens is 203 g/mol. The molecule has 0 spiro atoms. The molecule has 0 fully saturated rings. The first-order valence-corrected chi connectivity index (χ1v) is 4.54. The van der Waals surface area contributed by atoms with Crippen molar-refractivity contribution in [3.8, 4) is 0 Å². The van der Waals surface area contributed by atoms with Crippen LogP contribution in [0.25, 0.3) is 0 Å². The Kier molecular flexibility index (Phi) is 3.46. The van der Waals surface area contributed by atoms with E-state index in [4.69, 9.17) is 5.11 Å². The molecule has 3 heteroatoms. The molecule has 0 aliphatic rings. The van der Waals surface area contributed by atoms with E-state index < -0.39 is 5.97 Å². The number of hydrogen-bond acceptors (Lipinski definition) is 1. The minimum atomic E-state index is -0.907. The van der Waals surface area contributed by atoms with Crippen molar-refractivity contribution in [3.63, 3.8) is 0 Å². The second kappa shape index (κ2) is 4.40. The van der Waals surface area contributed by atoms with Gasteiger partial charge in [0, 0.05) is 0 Å². The van der Waals surface area contributed by atoms with E-state index in [1.807, 2.05) is 6.92 Å². The molecule has 0 bridgehead atoms. The van der Waals surface area contributed by atoms with Crippen molar-refractivity contribution in [2.24, 2.45) is 0 Å². The summed E-state index contributed by atoms with van der Waals surface area (Å²) in [6, 6.07) is 7.84. The first-order chi connectivity index (χ1) is 6.09. The number of aromatic carboxylic acids is 1. The van der Waals surface area contributed by atoms with Gasteiger partial charge in [0.15, 0.2) is 0 Å². The van der Waals surface area contributed by atoms with Crippen LogP contribution >= 0.6 is 0 Å². The van der Waals surface area contributed by atoms with Gasteiger partial charge in [-0.1, -0.05) is 0 Å². The van der Waals surface area contributed by atoms with Crippen LogP contribution in [0.3, 0.4) is 0 Å². The fourth-order valence-electron chi connectivity index (χ4n) is 0.976. The SMILES string of the molecule is C[C](=[V])Cc1[c-]cc(C(=O)O)cc1. The van der Waals surface area contributed by atoms with E-state index in [2.05, 4.69) is 23.0 Å². The average molecular weight is 212 g/mol. The van der Waals surface area contributed by atoms with Gasteiger partial charge in [0.1, 0.15) is 0 Å². The number of carboxylic acids is 1. The molecule has 1 N–H and O–H groups in total. The molecule has 0 unspecified atom stereocenters. The zero-order chi connectivity index (χ0) is 9.84. The van der Waals surface area contributed by atoms with E-state index in [0.717, 1.165) is 12.0 Å². The first-order valence-electron chi connectivity index (χ1n) is 3.85. The molecular formula is C10H9O2V-. The van der Waals surface area contributed by atoms with Crippen molar-refractivity contribution >= 4 is 10.2 Å². The summed E-state index contributed by atoms with van der Waals surface area (Å²) >= 11 is 2.47. The van der Waals surface area contributed by atoms with Gasteiger partial charge < -0.3 is 0 Å². The van der Waals surface area contributed by atoms with Crippen LogP contribution in [-0.4, -0.2) is 15.3 Å². The van der Waals surface area contributed by atoms with E-state index in [1.165, 1.54) is 10.3 Å². The van der Waals surface area contributed by atoms with Crippen LogP contribution in [0.15, 0.2) is 18.2 Å². The van der Waals surface area contributed by atoms with Gasteiger partial charge in [-0.2, -0.15) is 0 Å². The van der Waals surface area contributed by atoms with Crippen molar-refractivity contribution in [3.05, 3.63) is 35.4 Å². The maximum absolute atomic E-state index is 10.5. The van der Waals surface area contributed by atoms with Crippen LogP contribution in [-0.2, 0) is 23.4 Å². The fraction of sp³-hybridized carbons (Fsp3) is 0.200. The Labute approximate surface area is 86.1 Å². The second-order valence-corrected chi connectivity index (χ2v) is 4.01. The molecule has 0 amide bonds. The third kappa shape index (κ3) is 3.17. The zero-order valence-corrected chi connectivity index (χ0v) is 8.64. The van der Waals surface area contributed by atoms with Gasteiger partial charge >= 0.3 is 85.8 Å². The topological polar surface area (TPSA) is 37.3 Å². The van der Waals surface area contributed by atoms with Gasteiger partial charge in [-0.3, -0.25) is 0 Å². The maximum atomic E-state index is 10.5. The third-order valence-electron chi connectivity index (χ3n) is 1.57. The number of carboxylic acid groups (broad SMARTS) is 1. The Morgan fingerprint density at radius 3 is 2.69 bits per heavy atom. The number of rotatable bonds is 3. The van der Waals surface area contributed by atoms with Crippen molar-refractivity contribution in [1.29, 1.82) is 0 Å². The molecule has 2 nitrogen and oxygen atoms in total. The first kappa shape index (κ1) is 10.2. The van der Waals surface area contributed by atoms with Crippen LogP contribution in [0.1, 0.15) is 22.8 Å². The van der Waals surface area contributed by atoms with E-state index in [0.29, 0.717) is 0 Å². The summed E-state index contributed by atoms with van der Waals surface area (Å²) < 4.78 is 1.23. The summed E-state index contributed by atoms with van der Waals surface area (Å²) in [4.78, 5) is 10.5. The summed E-state index contributed by atoms with van der Waals surface area (Å²) in [5, 5.41) is 8.63. The molecule has 0 saturated heterocycles. The predicted octanol–water partition coefficient (Wildman–Crippen LogP) is 1.47. The van der Waals surface area contributed by atoms with E-state index in [-0.39, 0.29) is 5.56 Å². The summed E-state index contributed by atoms with van der Waals surface area (Å²) in [6.07, 6.45) is 0.833. The molecule has 0 aromatic heterocycles. The van der Waals surface area contributed by atoms with Crippen molar-refractivity contribution in [2.75, 3.05) is 0 Å². The molecule has 67 valence electrons. The molecule has 0 aliphatic heterocycles. The molecule has 0 aliphatic carbocycles. The molecule has 1 aromatic rings. The Morgan fingerprint density at radius 1 is 1.62 bits per heavy atom. The quantitative estimate of drug-likeness (QED) is 0.770. The molecule has 0 atom stereocenters. The molecule has 0 saturated carbocycles. The number of hydrogen-bond donors (Lipinski definition) is 1. The molecule has 13 heavy (non-hydrogen) atoms. The average Bonchev–Trinajstić information content (AvgIpc) is 2.04. The molecule has 1 aromatic carbocycles. The Balaban J connectivity index is 2.81. The Morgan fingerprint density at radius 2 is 2.31 bits per heavy atom. The van der Waals surface area contributed by atoms with Crippen LogP contribution < -0.4 is 0 Å². The summed E-state index contributed by atoms with van der Waals surface area (Å²) in [6.45, 7) is 2.01. The summed E-state index contributed by atoms with van der Waals surface area (Å²) in [7, 11) is 0. The summed E-state index contributed by atoms with van der Waals surface area (Å²) in [5.74, 6) is -0.907. The van der Waals surface area contributed by atoms with Gasteiger partial charge in [0.2, 0.25) is 0 Å². The van der Waals surface area contributed by atoms with Crippen LogP contribution in [0.2, 0.25) is 0 Å². The normalized spacial score (nSPS) is 9.54. The minimum absolute atomic E-state index is 0.284. The van der Waals surface area contributed by atoms with Crippen molar-refractivity contribution in [2.45, 2.75) is 13.3 Å². The van der Waals surface area contributed by atoms with Gasteiger partial charge in [0.25, 0.3) is 0 Å². The van der Waals surface area contributed by atoms with Gasteiger partial charge in [-0.15, -0.1) is 0 Å². The third-order valence-corrected chi connectivity index (χ3v) is 1.82. The van der Waals surface area contributed by atoms with E-state index in [9.17, 15) is 4.79 Å². The number of carbonyl (C=O) groups is 1. The zero-order valence-electron chi connectivity index (χ0n) is 7.24. The second-order valence-electron chi connectivity index (χ2n) is 2.82. The Bertz CT molecular complexity index is 327. The number of benzene rings is 1. The Hall–Kier alpha value is -0.856. The fourth-order valence-corrected chi connectivity index (χ4v) is 1.24. The standard InChI is InChI=1S/C10H9O2.V/c1-2-3-8-4-6-9(7-5-8)10(11)12;/h4,6-7H,3H2,1H3,(H,11,12);/q-1;. The molecule has 0 heterocycles. The molecule has 0 radical (unpaired) electrons. The van der Waals surface area contributed by atoms with Crippen LogP contribution in [0.5, 0.6) is 0 Å². The van der Waals surface area contributed by atoms with Gasteiger partial charge in [0.05, 0.1) is 0 Å². The van der Waals surface area contributed by atoms with Crippen molar-refractivity contribution < 1.29 is 26.9 Å². The van der Waals surface area contributed by atoms with Crippen molar-refractivity contribution in [1.82, 2.24) is 0 Å². The molecule has 1 rings (SSSR count). The summed E-state index contributed by atoms with van der Waals surface area (Å²) in [5.41, 5.74) is 1.30.